The summed E-state index contributed by atoms with van der Waals surface area (Å²) < 4.78 is 17.1. The van der Waals surface area contributed by atoms with Crippen molar-refractivity contribution in [3.8, 4) is 39.9 Å². The van der Waals surface area contributed by atoms with Crippen LogP contribution >= 0.6 is 0 Å². The predicted octanol–water partition coefficient (Wildman–Crippen LogP) is 22.7. The number of furan rings is 1. The molecule has 5 heterocycles. The van der Waals surface area contributed by atoms with Gasteiger partial charge >= 0.3 is 0 Å². The van der Waals surface area contributed by atoms with Crippen LogP contribution < -0.4 is 0 Å². The molecule has 0 aliphatic carbocycles. The summed E-state index contributed by atoms with van der Waals surface area (Å²) in [6, 6.07) is 81.4. The lowest BCUT2D eigenvalue weighted by molar-refractivity contribution is 0.596. The van der Waals surface area contributed by atoms with Gasteiger partial charge in [0.2, 0.25) is 0 Å². The zero-order valence-corrected chi connectivity index (χ0v) is 52.9. The lowest BCUT2D eigenvalue weighted by Gasteiger charge is -2.30. The van der Waals surface area contributed by atoms with E-state index in [2.05, 4.69) is 320 Å². The van der Waals surface area contributed by atoms with Crippen molar-refractivity contribution in [2.45, 2.75) is 105 Å². The van der Waals surface area contributed by atoms with Gasteiger partial charge in [-0.05, 0) is 110 Å². The molecule has 6 heteroatoms. The Morgan fingerprint density at radius 2 is 0.562 bits per heavy atom. The molecule has 16 rings (SSSR count). The summed E-state index contributed by atoms with van der Waals surface area (Å²) in [5, 5.41) is 24.7. The Balaban J connectivity index is 1.31. The van der Waals surface area contributed by atoms with Gasteiger partial charge in [-0.2, -0.15) is 5.26 Å². The normalized spacial score (nSPS) is 12.9. The summed E-state index contributed by atoms with van der Waals surface area (Å²) >= 11 is 0. The summed E-state index contributed by atoms with van der Waals surface area (Å²) in [5.74, 6) is 0. The molecule has 0 fully saturated rings. The maximum atomic E-state index is 13.5. The van der Waals surface area contributed by atoms with Crippen molar-refractivity contribution < 1.29 is 4.42 Å². The van der Waals surface area contributed by atoms with Crippen LogP contribution in [0.15, 0.2) is 217 Å². The number of para-hydroxylation sites is 5. The van der Waals surface area contributed by atoms with Gasteiger partial charge in [0.15, 0.2) is 0 Å². The van der Waals surface area contributed by atoms with Gasteiger partial charge in [0.25, 0.3) is 0 Å². The third-order valence-electron chi connectivity index (χ3n) is 19.1. The largest absolute Gasteiger partial charge is 0.456 e. The number of fused-ring (bicyclic) bond motifs is 15. The van der Waals surface area contributed by atoms with E-state index in [1.54, 1.807) is 0 Å². The van der Waals surface area contributed by atoms with Gasteiger partial charge in [0, 0.05) is 59.4 Å². The van der Waals surface area contributed by atoms with Crippen molar-refractivity contribution >= 4 is 109 Å². The summed E-state index contributed by atoms with van der Waals surface area (Å²) in [5.41, 5.74) is 19.6. The Kier molecular flexibility index (Phi) is 11.6. The van der Waals surface area contributed by atoms with Crippen LogP contribution in [-0.2, 0) is 21.7 Å². The number of aromatic nitrogens is 4. The van der Waals surface area contributed by atoms with Crippen LogP contribution in [-0.4, -0.2) is 18.3 Å². The lowest BCUT2D eigenvalue weighted by atomic mass is 9.84. The molecule has 0 atom stereocenters. The van der Waals surface area contributed by atoms with E-state index in [4.69, 9.17) is 4.42 Å². The molecular weight excluding hydrogens is 1080 g/mol. The first kappa shape index (κ1) is 54.3. The van der Waals surface area contributed by atoms with Crippen molar-refractivity contribution in [2.24, 2.45) is 0 Å². The van der Waals surface area contributed by atoms with Crippen LogP contribution in [0, 0.1) is 11.3 Å². The highest BCUT2D eigenvalue weighted by Crippen LogP contribution is 2.55. The van der Waals surface area contributed by atoms with Crippen LogP contribution in [0.4, 0.5) is 0 Å². The van der Waals surface area contributed by atoms with Crippen molar-refractivity contribution in [1.29, 1.82) is 5.26 Å². The van der Waals surface area contributed by atoms with E-state index in [9.17, 15) is 5.26 Å². The first-order chi connectivity index (χ1) is 42.8. The smallest absolute Gasteiger partial charge is 0.136 e. The fourth-order valence-electron chi connectivity index (χ4n) is 15.5. The summed E-state index contributed by atoms with van der Waals surface area (Å²) in [7, 11) is 0. The average Bonchev–Trinajstić information content (AvgIpc) is 1.66. The SMILES string of the molecule is CC(C)(C)c1cccc2c1c1ccccc1n2-c1c(C#N)c(-n2c3ccccc3c3c(C(C)(C)C)cccc32)c(-n2c3ccccc3c3c(C(C)(C)C)cccc32)c(-c2cccc3oc4ccccc4c23)c1-n1c2ccccc2c2c(C(C)(C)C)cccc21. The minimum absolute atomic E-state index is 0.235. The molecule has 0 N–H and O–H groups in total. The Bertz CT molecular complexity index is 5440. The van der Waals surface area contributed by atoms with Crippen molar-refractivity contribution in [3.63, 3.8) is 0 Å². The van der Waals surface area contributed by atoms with Gasteiger partial charge in [-0.25, -0.2) is 0 Å². The maximum Gasteiger partial charge on any atom is 0.136 e. The Morgan fingerprint density at radius 1 is 0.281 bits per heavy atom. The van der Waals surface area contributed by atoms with E-state index in [-0.39, 0.29) is 21.7 Å². The van der Waals surface area contributed by atoms with E-state index in [0.29, 0.717) is 5.56 Å². The Morgan fingerprint density at radius 3 is 0.899 bits per heavy atom. The summed E-state index contributed by atoms with van der Waals surface area (Å²) in [6.45, 7) is 27.8. The van der Waals surface area contributed by atoms with E-state index in [1.165, 1.54) is 43.8 Å². The first-order valence-corrected chi connectivity index (χ1v) is 31.4. The average molecular weight is 1150 g/mol. The molecule has 0 spiro atoms. The fourth-order valence-corrected chi connectivity index (χ4v) is 15.5. The van der Waals surface area contributed by atoms with Gasteiger partial charge in [0.05, 0.1) is 66.9 Å². The second-order valence-corrected chi connectivity index (χ2v) is 28.7. The minimum Gasteiger partial charge on any atom is -0.456 e. The van der Waals surface area contributed by atoms with Crippen molar-refractivity contribution in [2.75, 3.05) is 0 Å². The highest BCUT2D eigenvalue weighted by molar-refractivity contribution is 6.21. The lowest BCUT2D eigenvalue weighted by Crippen LogP contribution is -2.17. The quantitative estimate of drug-likeness (QED) is 0.172. The van der Waals surface area contributed by atoms with Gasteiger partial charge < -0.3 is 22.7 Å². The molecule has 0 unspecified atom stereocenters. The van der Waals surface area contributed by atoms with E-state index in [1.807, 2.05) is 0 Å². The van der Waals surface area contributed by atoms with E-state index >= 15 is 0 Å². The molecule has 5 aromatic heterocycles. The molecule has 11 aromatic carbocycles. The third kappa shape index (κ3) is 7.74. The third-order valence-corrected chi connectivity index (χ3v) is 19.1. The zero-order valence-electron chi connectivity index (χ0n) is 52.9. The minimum atomic E-state index is -0.236. The van der Waals surface area contributed by atoms with Gasteiger partial charge in [-0.1, -0.05) is 235 Å². The molecule has 6 nitrogen and oxygen atoms in total. The molecule has 0 radical (unpaired) electrons. The zero-order chi connectivity index (χ0) is 61.4. The molecule has 434 valence electrons. The molecule has 89 heavy (non-hydrogen) atoms. The first-order valence-electron chi connectivity index (χ1n) is 31.4. The van der Waals surface area contributed by atoms with Crippen LogP contribution in [0.5, 0.6) is 0 Å². The monoisotopic (exact) mass is 1150 g/mol. The molecule has 0 aliphatic heterocycles. The van der Waals surface area contributed by atoms with Crippen LogP contribution in [0.1, 0.15) is 111 Å². The Hall–Kier alpha value is -10.1. The van der Waals surface area contributed by atoms with Crippen molar-refractivity contribution in [1.82, 2.24) is 18.3 Å². The number of benzene rings is 11. The molecule has 16 aromatic rings. The second-order valence-electron chi connectivity index (χ2n) is 28.7. The van der Waals surface area contributed by atoms with Gasteiger partial charge in [-0.3, -0.25) is 0 Å². The van der Waals surface area contributed by atoms with E-state index < -0.39 is 0 Å². The molecule has 0 saturated carbocycles. The van der Waals surface area contributed by atoms with Gasteiger partial charge in [0.1, 0.15) is 22.8 Å². The van der Waals surface area contributed by atoms with Crippen LogP contribution in [0.2, 0.25) is 0 Å². The summed E-state index contributed by atoms with van der Waals surface area (Å²) in [4.78, 5) is 0. The topological polar surface area (TPSA) is 56.6 Å². The second kappa shape index (κ2) is 19.0. The van der Waals surface area contributed by atoms with Crippen LogP contribution in [0.3, 0.4) is 0 Å². The highest BCUT2D eigenvalue weighted by Gasteiger charge is 2.38. The number of nitriles is 1. The number of hydrogen-bond acceptors (Lipinski definition) is 2. The molecule has 0 amide bonds. The molecule has 0 bridgehead atoms. The highest BCUT2D eigenvalue weighted by atomic mass is 16.3. The summed E-state index contributed by atoms with van der Waals surface area (Å²) in [6.07, 6.45) is 0. The van der Waals surface area contributed by atoms with Crippen LogP contribution in [0.25, 0.3) is 143 Å². The Labute approximate surface area is 519 Å². The molecular formula is C83H71N5O. The fraction of sp³-hybridized carbons (Fsp3) is 0.193. The number of rotatable bonds is 5. The van der Waals surface area contributed by atoms with Crippen molar-refractivity contribution in [3.05, 3.63) is 240 Å². The number of hydrogen-bond donors (Lipinski definition) is 0. The van der Waals surface area contributed by atoms with Gasteiger partial charge in [-0.15, -0.1) is 0 Å². The molecule has 0 aliphatic rings. The number of nitrogens with zero attached hydrogens (tertiary/aromatic N) is 5. The standard InChI is InChI=1S/C83H71N5O/c1-80(2,3)56-34-24-42-64-71(56)49-28-13-18-38-60(49)85(64)76-55(48-84)77(86-61-39-19-14-29-50(61)72-57(81(4,5)6)35-25-43-65(72)86)79(88-63-41-21-16-31-52(63)74-59(83(10,11)12)37-27-45-67(74)88)75(54-33-23-47-69-70(54)53-32-17-22-46-68(53)89-69)78(76)87-62-40-20-15-30-51(62)73-58(82(7,8)9)36-26-44-66(73)87/h13-47H,1-12H3. The maximum absolute atomic E-state index is 13.5. The predicted molar refractivity (Wildman–Crippen MR) is 376 cm³/mol. The van der Waals surface area contributed by atoms with E-state index in [0.717, 1.165) is 121 Å². The molecule has 0 saturated heterocycles.